The molecule has 2 N–H and O–H groups in total. The number of amides is 1. The summed E-state index contributed by atoms with van der Waals surface area (Å²) in [6, 6.07) is 7.08. The van der Waals surface area contributed by atoms with Crippen LogP contribution in [0.4, 0.5) is 5.69 Å². The van der Waals surface area contributed by atoms with E-state index in [9.17, 15) is 9.59 Å². The Kier molecular flexibility index (Phi) is 4.25. The summed E-state index contributed by atoms with van der Waals surface area (Å²) in [7, 11) is 0. The van der Waals surface area contributed by atoms with Crippen molar-refractivity contribution in [2.45, 2.75) is 20.8 Å². The van der Waals surface area contributed by atoms with Crippen molar-refractivity contribution < 1.29 is 14.0 Å². The van der Waals surface area contributed by atoms with Crippen LogP contribution in [0.5, 0.6) is 0 Å². The van der Waals surface area contributed by atoms with Crippen molar-refractivity contribution in [2.24, 2.45) is 5.92 Å². The first-order valence-electron chi connectivity index (χ1n) is 7.94. The molecule has 1 amide bonds. The van der Waals surface area contributed by atoms with Crippen LogP contribution in [0.25, 0.3) is 11.3 Å². The van der Waals surface area contributed by atoms with Crippen LogP contribution in [0.15, 0.2) is 41.2 Å². The molecule has 124 valence electrons. The SMILES string of the molecule is CC(=O)c1ccc2c(c1)C(=C(NCC(C)C)c1ccoc1)C(=O)N2. The lowest BCUT2D eigenvalue weighted by atomic mass is 9.98. The van der Waals surface area contributed by atoms with Gasteiger partial charge in [0.05, 0.1) is 23.8 Å². The molecule has 0 unspecified atom stereocenters. The summed E-state index contributed by atoms with van der Waals surface area (Å²) in [5.74, 6) is 0.203. The van der Waals surface area contributed by atoms with Crippen molar-refractivity contribution in [2.75, 3.05) is 11.9 Å². The van der Waals surface area contributed by atoms with Gasteiger partial charge in [-0.3, -0.25) is 9.59 Å². The summed E-state index contributed by atoms with van der Waals surface area (Å²) in [6.45, 7) is 6.44. The largest absolute Gasteiger partial charge is 0.472 e. The van der Waals surface area contributed by atoms with E-state index in [0.717, 1.165) is 23.4 Å². The molecule has 1 aliphatic rings. The van der Waals surface area contributed by atoms with Crippen LogP contribution in [0.3, 0.4) is 0 Å². The van der Waals surface area contributed by atoms with Crippen molar-refractivity contribution in [3.63, 3.8) is 0 Å². The standard InChI is InChI=1S/C19H20N2O3/c1-11(2)9-20-18(14-6-7-24-10-14)17-15-8-13(12(3)22)4-5-16(15)21-19(17)23/h4-8,10-11,20H,9H2,1-3H3,(H,21,23). The third kappa shape index (κ3) is 2.97. The minimum Gasteiger partial charge on any atom is -0.472 e. The second-order valence-electron chi connectivity index (χ2n) is 6.31. The molecule has 0 radical (unpaired) electrons. The number of rotatable bonds is 5. The van der Waals surface area contributed by atoms with E-state index in [2.05, 4.69) is 24.5 Å². The average molecular weight is 324 g/mol. The molecule has 2 aromatic rings. The molecule has 0 fully saturated rings. The highest BCUT2D eigenvalue weighted by Crippen LogP contribution is 2.37. The van der Waals surface area contributed by atoms with Gasteiger partial charge in [-0.2, -0.15) is 0 Å². The monoisotopic (exact) mass is 324 g/mol. The molecule has 0 aliphatic carbocycles. The third-order valence-electron chi connectivity index (χ3n) is 3.92. The zero-order valence-corrected chi connectivity index (χ0v) is 14.0. The summed E-state index contributed by atoms with van der Waals surface area (Å²) in [6.07, 6.45) is 3.18. The van der Waals surface area contributed by atoms with Gasteiger partial charge in [-0.25, -0.2) is 0 Å². The van der Waals surface area contributed by atoms with Crippen LogP contribution in [0, 0.1) is 5.92 Å². The molecule has 2 heterocycles. The molecule has 0 spiro atoms. The fourth-order valence-electron chi connectivity index (χ4n) is 2.68. The Balaban J connectivity index is 2.16. The van der Waals surface area contributed by atoms with Gasteiger partial charge in [0, 0.05) is 28.9 Å². The van der Waals surface area contributed by atoms with Crippen LogP contribution in [0.2, 0.25) is 0 Å². The number of nitrogens with one attached hydrogen (secondary N) is 2. The number of fused-ring (bicyclic) bond motifs is 1. The van der Waals surface area contributed by atoms with Crippen molar-refractivity contribution in [3.8, 4) is 0 Å². The fourth-order valence-corrected chi connectivity index (χ4v) is 2.68. The van der Waals surface area contributed by atoms with Gasteiger partial charge < -0.3 is 15.1 Å². The molecular weight excluding hydrogens is 304 g/mol. The molecule has 5 nitrogen and oxygen atoms in total. The Morgan fingerprint density at radius 2 is 2.04 bits per heavy atom. The summed E-state index contributed by atoms with van der Waals surface area (Å²) < 4.78 is 5.19. The zero-order valence-electron chi connectivity index (χ0n) is 14.0. The molecule has 0 saturated heterocycles. The first kappa shape index (κ1) is 16.1. The summed E-state index contributed by atoms with van der Waals surface area (Å²) >= 11 is 0. The fraction of sp³-hybridized carbons (Fsp3) is 0.263. The maximum Gasteiger partial charge on any atom is 0.258 e. The molecule has 1 aromatic heterocycles. The number of hydrogen-bond donors (Lipinski definition) is 2. The van der Waals surface area contributed by atoms with E-state index in [0.29, 0.717) is 22.7 Å². The normalized spacial score (nSPS) is 15.2. The van der Waals surface area contributed by atoms with E-state index >= 15 is 0 Å². The van der Waals surface area contributed by atoms with E-state index in [1.165, 1.54) is 6.92 Å². The highest BCUT2D eigenvalue weighted by Gasteiger charge is 2.29. The molecule has 0 saturated carbocycles. The van der Waals surface area contributed by atoms with Gasteiger partial charge in [0.1, 0.15) is 0 Å². The van der Waals surface area contributed by atoms with Gasteiger partial charge in [-0.1, -0.05) is 13.8 Å². The second kappa shape index (κ2) is 6.35. The van der Waals surface area contributed by atoms with E-state index < -0.39 is 0 Å². The number of benzene rings is 1. The first-order chi connectivity index (χ1) is 11.5. The van der Waals surface area contributed by atoms with Gasteiger partial charge in [0.25, 0.3) is 5.91 Å². The predicted molar refractivity (Wildman–Crippen MR) is 93.4 cm³/mol. The average Bonchev–Trinajstić information content (AvgIpc) is 3.15. The molecule has 1 aliphatic heterocycles. The maximum atomic E-state index is 12.6. The second-order valence-corrected chi connectivity index (χ2v) is 6.31. The van der Waals surface area contributed by atoms with Crippen LogP contribution in [0.1, 0.15) is 42.3 Å². The van der Waals surface area contributed by atoms with Crippen molar-refractivity contribution >= 4 is 28.6 Å². The van der Waals surface area contributed by atoms with Gasteiger partial charge in [0.15, 0.2) is 5.78 Å². The Labute approximate surface area is 140 Å². The number of furan rings is 1. The Bertz CT molecular complexity index is 817. The molecule has 3 rings (SSSR count). The lowest BCUT2D eigenvalue weighted by Crippen LogP contribution is -2.21. The molecule has 0 atom stereocenters. The van der Waals surface area contributed by atoms with Crippen LogP contribution >= 0.6 is 0 Å². The Morgan fingerprint density at radius 1 is 1.25 bits per heavy atom. The summed E-state index contributed by atoms with van der Waals surface area (Å²) in [5, 5.41) is 6.22. The number of hydrogen-bond acceptors (Lipinski definition) is 4. The number of ketones is 1. The molecule has 24 heavy (non-hydrogen) atoms. The van der Waals surface area contributed by atoms with Crippen LogP contribution in [-0.2, 0) is 4.79 Å². The minimum atomic E-state index is -0.182. The Hall–Kier alpha value is -2.82. The highest BCUT2D eigenvalue weighted by atomic mass is 16.3. The summed E-state index contributed by atoms with van der Waals surface area (Å²) in [5.41, 5.74) is 4.09. The van der Waals surface area contributed by atoms with Gasteiger partial charge >= 0.3 is 0 Å². The predicted octanol–water partition coefficient (Wildman–Crippen LogP) is 3.55. The van der Waals surface area contributed by atoms with Crippen molar-refractivity contribution in [3.05, 3.63) is 53.5 Å². The smallest absolute Gasteiger partial charge is 0.258 e. The van der Waals surface area contributed by atoms with Gasteiger partial charge in [-0.15, -0.1) is 0 Å². The quantitative estimate of drug-likeness (QED) is 0.652. The lowest BCUT2D eigenvalue weighted by Gasteiger charge is -2.14. The molecule has 5 heteroatoms. The molecular formula is C19H20N2O3. The van der Waals surface area contributed by atoms with Crippen molar-refractivity contribution in [1.82, 2.24) is 5.32 Å². The maximum absolute atomic E-state index is 12.6. The van der Waals surface area contributed by atoms with Gasteiger partial charge in [-0.05, 0) is 37.1 Å². The molecule has 0 bridgehead atoms. The number of carbonyl (C=O) groups excluding carboxylic acids is 2. The van der Waals surface area contributed by atoms with E-state index in [-0.39, 0.29) is 11.7 Å². The third-order valence-corrected chi connectivity index (χ3v) is 3.92. The number of anilines is 1. The van der Waals surface area contributed by atoms with E-state index in [1.807, 2.05) is 6.07 Å². The van der Waals surface area contributed by atoms with Crippen molar-refractivity contribution in [1.29, 1.82) is 0 Å². The topological polar surface area (TPSA) is 71.3 Å². The first-order valence-corrected chi connectivity index (χ1v) is 7.94. The van der Waals surface area contributed by atoms with Gasteiger partial charge in [0.2, 0.25) is 0 Å². The summed E-state index contributed by atoms with van der Waals surface area (Å²) in [4.78, 5) is 24.3. The zero-order chi connectivity index (χ0) is 17.3. The molecule has 1 aromatic carbocycles. The highest BCUT2D eigenvalue weighted by molar-refractivity contribution is 6.36. The number of Topliss-reactive ketones (excluding diaryl/α,β-unsaturated/α-hetero) is 1. The van der Waals surface area contributed by atoms with E-state index in [1.54, 1.807) is 30.7 Å². The lowest BCUT2D eigenvalue weighted by molar-refractivity contribution is -0.110. The minimum absolute atomic E-state index is 0.0310. The van der Waals surface area contributed by atoms with E-state index in [4.69, 9.17) is 4.42 Å². The number of carbonyl (C=O) groups is 2. The van der Waals surface area contributed by atoms with Crippen LogP contribution in [-0.4, -0.2) is 18.2 Å². The Morgan fingerprint density at radius 3 is 2.67 bits per heavy atom. The van der Waals surface area contributed by atoms with Crippen LogP contribution < -0.4 is 10.6 Å².